The van der Waals surface area contributed by atoms with Crippen LogP contribution in [-0.2, 0) is 16.8 Å². The van der Waals surface area contributed by atoms with Gasteiger partial charge in [0.1, 0.15) is 0 Å². The van der Waals surface area contributed by atoms with Crippen molar-refractivity contribution < 1.29 is 16.8 Å². The van der Waals surface area contributed by atoms with Gasteiger partial charge in [-0.1, -0.05) is 0 Å². The van der Waals surface area contributed by atoms with Crippen molar-refractivity contribution in [2.75, 3.05) is 0 Å². The van der Waals surface area contributed by atoms with Crippen molar-refractivity contribution >= 4 is 33.8 Å². The van der Waals surface area contributed by atoms with Crippen LogP contribution in [0, 0.1) is 0 Å². The van der Waals surface area contributed by atoms with Crippen molar-refractivity contribution in [3.05, 3.63) is 91.0 Å². The van der Waals surface area contributed by atoms with Crippen molar-refractivity contribution in [1.29, 1.82) is 0 Å². The van der Waals surface area contributed by atoms with Crippen molar-refractivity contribution in [3.63, 3.8) is 0 Å². The van der Waals surface area contributed by atoms with E-state index < -0.39 is 6.62 Å². The Labute approximate surface area is 141 Å². The summed E-state index contributed by atoms with van der Waals surface area (Å²) in [6.45, 7) is -2.41. The van der Waals surface area contributed by atoms with E-state index >= 15 is 0 Å². The smallest absolute Gasteiger partial charge is 0 e. The maximum absolute atomic E-state index is 7.25. The molecule has 3 aromatic rings. The third-order valence-electron chi connectivity index (χ3n) is 3.51. The van der Waals surface area contributed by atoms with Gasteiger partial charge in [0.15, 0.2) is 0 Å². The fraction of sp³-hybridized carbons (Fsp3) is 0. The zero-order valence-corrected chi connectivity index (χ0v) is 14.2. The minimum Gasteiger partial charge on any atom is 0 e. The van der Waals surface area contributed by atoms with Crippen molar-refractivity contribution in [1.82, 2.24) is 0 Å². The van der Waals surface area contributed by atoms with Crippen molar-refractivity contribution in [2.45, 2.75) is 0 Å². The molecule has 3 aromatic carbocycles. The third kappa shape index (κ3) is 3.22. The molecule has 0 unspecified atom stereocenters. The van der Waals surface area contributed by atoms with Crippen LogP contribution >= 0.6 is 17.9 Å². The van der Waals surface area contributed by atoms with Crippen molar-refractivity contribution in [3.8, 4) is 0 Å². The molecule has 0 nitrogen and oxygen atoms in total. The molecule has 0 bridgehead atoms. The Morgan fingerprint density at radius 1 is 0.476 bits per heavy atom. The molecule has 0 fully saturated rings. The second kappa shape index (κ2) is 7.24. The van der Waals surface area contributed by atoms with Gasteiger partial charge >= 0.3 is 125 Å². The van der Waals surface area contributed by atoms with Crippen LogP contribution in [0.2, 0.25) is 0 Å². The average molecular weight is 358 g/mol. The maximum atomic E-state index is 7.25. The van der Waals surface area contributed by atoms with Gasteiger partial charge in [-0.25, -0.2) is 0 Å². The molecule has 0 saturated carbocycles. The molecule has 3 rings (SSSR count). The normalized spacial score (nSPS) is 11.5. The molecule has 1 radical (unpaired) electrons. The predicted molar refractivity (Wildman–Crippen MR) is 92.4 cm³/mol. The largest absolute Gasteiger partial charge is 0 e. The van der Waals surface area contributed by atoms with Crippen LogP contribution in [0.4, 0.5) is 0 Å². The summed E-state index contributed by atoms with van der Waals surface area (Å²) >= 11 is 7.25. The summed E-state index contributed by atoms with van der Waals surface area (Å²) in [6.07, 6.45) is 0. The Morgan fingerprint density at radius 3 is 0.952 bits per heavy atom. The SMILES string of the molecule is Cl[PH](c1ccccc1)(c1ccccc1)c1ccccc1.[Co]. The summed E-state index contributed by atoms with van der Waals surface area (Å²) in [7, 11) is 0. The van der Waals surface area contributed by atoms with E-state index in [2.05, 4.69) is 72.8 Å². The Hall–Kier alpha value is -1.11. The number of benzene rings is 3. The zero-order chi connectivity index (χ0) is 13.8. The number of hydrogen-bond donors (Lipinski definition) is 0. The molecule has 0 N–H and O–H groups in total. The van der Waals surface area contributed by atoms with Gasteiger partial charge in [0.05, 0.1) is 0 Å². The molecule has 0 heterocycles. The Balaban J connectivity index is 0.00000161. The minimum absolute atomic E-state index is 0. The first-order chi connectivity index (χ1) is 9.82. The minimum atomic E-state index is -2.41. The number of hydrogen-bond acceptors (Lipinski definition) is 0. The van der Waals surface area contributed by atoms with Gasteiger partial charge in [-0.3, -0.25) is 0 Å². The topological polar surface area (TPSA) is 0 Å². The molecule has 3 heteroatoms. The summed E-state index contributed by atoms with van der Waals surface area (Å²) in [5, 5.41) is 3.66. The van der Waals surface area contributed by atoms with E-state index in [0.717, 1.165) is 0 Å². The molecule has 0 aromatic heterocycles. The molecule has 0 aliphatic carbocycles. The van der Waals surface area contributed by atoms with Crippen LogP contribution in [0.5, 0.6) is 0 Å². The van der Waals surface area contributed by atoms with Gasteiger partial charge in [-0.15, -0.1) is 0 Å². The van der Waals surface area contributed by atoms with Gasteiger partial charge in [-0.2, -0.15) is 0 Å². The zero-order valence-electron chi connectivity index (χ0n) is 11.4. The van der Waals surface area contributed by atoms with Crippen LogP contribution in [0.25, 0.3) is 0 Å². The average Bonchev–Trinajstić information content (AvgIpc) is 2.56. The Kier molecular flexibility index (Phi) is 5.61. The molecular weight excluding hydrogens is 342 g/mol. The number of rotatable bonds is 3. The summed E-state index contributed by atoms with van der Waals surface area (Å²) < 4.78 is 0. The van der Waals surface area contributed by atoms with Crippen LogP contribution in [0.15, 0.2) is 91.0 Å². The Morgan fingerprint density at radius 2 is 0.714 bits per heavy atom. The van der Waals surface area contributed by atoms with Crippen LogP contribution in [0.3, 0.4) is 0 Å². The van der Waals surface area contributed by atoms with Crippen molar-refractivity contribution in [2.24, 2.45) is 0 Å². The van der Waals surface area contributed by atoms with E-state index in [9.17, 15) is 0 Å². The summed E-state index contributed by atoms with van der Waals surface area (Å²) in [5.74, 6) is 0. The molecular formula is C18H16ClCoP. The predicted octanol–water partition coefficient (Wildman–Crippen LogP) is 3.86. The van der Waals surface area contributed by atoms with E-state index in [4.69, 9.17) is 11.2 Å². The van der Waals surface area contributed by atoms with Gasteiger partial charge in [0.25, 0.3) is 0 Å². The molecule has 21 heavy (non-hydrogen) atoms. The van der Waals surface area contributed by atoms with Gasteiger partial charge < -0.3 is 0 Å². The Bertz CT molecular complexity index is 575. The maximum Gasteiger partial charge on any atom is 0 e. The summed E-state index contributed by atoms with van der Waals surface area (Å²) in [4.78, 5) is 0. The van der Waals surface area contributed by atoms with Gasteiger partial charge in [0, 0.05) is 16.8 Å². The summed E-state index contributed by atoms with van der Waals surface area (Å²) in [6, 6.07) is 31.3. The van der Waals surface area contributed by atoms with E-state index in [1.54, 1.807) is 0 Å². The molecule has 0 atom stereocenters. The monoisotopic (exact) mass is 357 g/mol. The third-order valence-corrected chi connectivity index (χ3v) is 8.87. The van der Waals surface area contributed by atoms with Gasteiger partial charge in [-0.05, 0) is 0 Å². The van der Waals surface area contributed by atoms with Crippen LogP contribution in [-0.4, -0.2) is 0 Å². The first-order valence-corrected chi connectivity index (χ1v) is 9.68. The quantitative estimate of drug-likeness (QED) is 0.624. The van der Waals surface area contributed by atoms with Gasteiger partial charge in [0.2, 0.25) is 0 Å². The fourth-order valence-electron chi connectivity index (χ4n) is 2.50. The van der Waals surface area contributed by atoms with Crippen LogP contribution in [0.1, 0.15) is 0 Å². The standard InChI is InChI=1S/C18H16ClP.Co/c19-20(16-10-4-1-5-11-16,17-12-6-2-7-13-17)18-14-8-3-9-15-18;/h1-15,20H;. The molecule has 0 spiro atoms. The van der Waals surface area contributed by atoms with E-state index in [-0.39, 0.29) is 16.8 Å². The molecule has 0 aliphatic rings. The van der Waals surface area contributed by atoms with E-state index in [1.807, 2.05) is 18.2 Å². The number of halogens is 1. The summed E-state index contributed by atoms with van der Waals surface area (Å²) in [5.41, 5.74) is 0. The molecule has 0 amide bonds. The van der Waals surface area contributed by atoms with Crippen LogP contribution < -0.4 is 15.9 Å². The van der Waals surface area contributed by atoms with E-state index in [0.29, 0.717) is 0 Å². The first-order valence-electron chi connectivity index (χ1n) is 6.67. The second-order valence-electron chi connectivity index (χ2n) is 4.76. The first kappa shape index (κ1) is 16.3. The second-order valence-corrected chi connectivity index (χ2v) is 9.51. The molecule has 0 aliphatic heterocycles. The molecule has 109 valence electrons. The fourth-order valence-corrected chi connectivity index (χ4v) is 6.59. The van der Waals surface area contributed by atoms with E-state index in [1.165, 1.54) is 15.9 Å². The molecule has 0 saturated heterocycles.